The molecule has 0 aliphatic heterocycles. The summed E-state index contributed by atoms with van der Waals surface area (Å²) in [5.41, 5.74) is 1.48. The molecule has 0 bridgehead atoms. The Morgan fingerprint density at radius 1 is 0.920 bits per heavy atom. The van der Waals surface area contributed by atoms with Crippen molar-refractivity contribution in [2.45, 2.75) is 11.8 Å². The van der Waals surface area contributed by atoms with Crippen LogP contribution in [0.2, 0.25) is 0 Å². The Labute approximate surface area is 144 Å². The summed E-state index contributed by atoms with van der Waals surface area (Å²) in [5.74, 6) is 0.175. The van der Waals surface area contributed by atoms with Gasteiger partial charge >= 0.3 is 0 Å². The van der Waals surface area contributed by atoms with E-state index in [4.69, 9.17) is 0 Å². The zero-order valence-corrected chi connectivity index (χ0v) is 14.1. The van der Waals surface area contributed by atoms with E-state index >= 15 is 0 Å². The van der Waals surface area contributed by atoms with Gasteiger partial charge in [-0.25, -0.2) is 12.8 Å². The first-order valence-electron chi connectivity index (χ1n) is 7.38. The standard InChI is InChI=1S/C17H15FN4O2S/c1-12-3-2-4-15(11-12)25(23,24)22-17-10-9-16(20-21-17)19-14-7-5-13(18)6-8-14/h2-11H,1H3,(H,19,20)(H,21,22). The molecule has 1 aromatic heterocycles. The average molecular weight is 358 g/mol. The fourth-order valence-corrected chi connectivity index (χ4v) is 3.21. The van der Waals surface area contributed by atoms with Crippen molar-refractivity contribution in [2.24, 2.45) is 0 Å². The minimum absolute atomic E-state index is 0.103. The minimum Gasteiger partial charge on any atom is -0.339 e. The van der Waals surface area contributed by atoms with E-state index in [1.54, 1.807) is 30.3 Å². The molecule has 0 aliphatic carbocycles. The topological polar surface area (TPSA) is 84.0 Å². The van der Waals surface area contributed by atoms with Crippen LogP contribution in [-0.4, -0.2) is 18.6 Å². The highest BCUT2D eigenvalue weighted by Crippen LogP contribution is 2.18. The van der Waals surface area contributed by atoms with Crippen molar-refractivity contribution in [3.8, 4) is 0 Å². The first-order valence-corrected chi connectivity index (χ1v) is 8.86. The van der Waals surface area contributed by atoms with E-state index in [-0.39, 0.29) is 16.5 Å². The van der Waals surface area contributed by atoms with Gasteiger partial charge in [-0.2, -0.15) is 0 Å². The summed E-state index contributed by atoms with van der Waals surface area (Å²) in [4.78, 5) is 0.155. The Morgan fingerprint density at radius 2 is 1.60 bits per heavy atom. The lowest BCUT2D eigenvalue weighted by Crippen LogP contribution is -2.14. The van der Waals surface area contributed by atoms with Crippen LogP contribution >= 0.6 is 0 Å². The van der Waals surface area contributed by atoms with Crippen molar-refractivity contribution in [3.05, 3.63) is 72.0 Å². The van der Waals surface area contributed by atoms with Gasteiger partial charge in [0.2, 0.25) is 0 Å². The van der Waals surface area contributed by atoms with E-state index in [0.29, 0.717) is 11.5 Å². The third-order valence-corrected chi connectivity index (χ3v) is 4.67. The molecule has 0 spiro atoms. The Kier molecular flexibility index (Phi) is 4.62. The van der Waals surface area contributed by atoms with Crippen LogP contribution in [0.1, 0.15) is 5.56 Å². The molecule has 0 fully saturated rings. The first-order chi connectivity index (χ1) is 11.9. The van der Waals surface area contributed by atoms with Gasteiger partial charge in [-0.05, 0) is 61.0 Å². The number of halogens is 1. The van der Waals surface area contributed by atoms with Crippen LogP contribution in [0.5, 0.6) is 0 Å². The third-order valence-electron chi connectivity index (χ3n) is 3.32. The second kappa shape index (κ2) is 6.86. The number of hydrogen-bond donors (Lipinski definition) is 2. The van der Waals surface area contributed by atoms with E-state index in [1.165, 1.54) is 24.3 Å². The molecule has 2 N–H and O–H groups in total. The van der Waals surface area contributed by atoms with Crippen LogP contribution in [0, 0.1) is 12.7 Å². The predicted octanol–water partition coefficient (Wildman–Crippen LogP) is 3.47. The molecular weight excluding hydrogens is 343 g/mol. The molecule has 0 atom stereocenters. The van der Waals surface area contributed by atoms with Crippen molar-refractivity contribution >= 4 is 27.3 Å². The normalized spacial score (nSPS) is 11.1. The Hall–Kier alpha value is -3.00. The molecule has 2 aromatic carbocycles. The van der Waals surface area contributed by atoms with Crippen molar-refractivity contribution in [2.75, 3.05) is 10.0 Å². The number of anilines is 3. The molecule has 25 heavy (non-hydrogen) atoms. The number of hydrogen-bond acceptors (Lipinski definition) is 5. The smallest absolute Gasteiger partial charge is 0.263 e. The summed E-state index contributed by atoms with van der Waals surface area (Å²) in [6.07, 6.45) is 0. The van der Waals surface area contributed by atoms with Crippen LogP contribution in [0.15, 0.2) is 65.6 Å². The van der Waals surface area contributed by atoms with E-state index in [2.05, 4.69) is 20.2 Å². The summed E-state index contributed by atoms with van der Waals surface area (Å²) >= 11 is 0. The highest BCUT2D eigenvalue weighted by Gasteiger charge is 2.15. The third kappa shape index (κ3) is 4.30. The molecular formula is C17H15FN4O2S. The molecule has 8 heteroatoms. The molecule has 0 saturated carbocycles. The van der Waals surface area contributed by atoms with Gasteiger partial charge in [0.1, 0.15) is 5.82 Å². The maximum Gasteiger partial charge on any atom is 0.263 e. The maximum atomic E-state index is 12.9. The zero-order valence-electron chi connectivity index (χ0n) is 13.3. The largest absolute Gasteiger partial charge is 0.339 e. The molecule has 0 radical (unpaired) electrons. The highest BCUT2D eigenvalue weighted by molar-refractivity contribution is 7.92. The molecule has 0 unspecified atom stereocenters. The lowest BCUT2D eigenvalue weighted by molar-refractivity contribution is 0.601. The summed E-state index contributed by atoms with van der Waals surface area (Å²) in [6.45, 7) is 1.81. The summed E-state index contributed by atoms with van der Waals surface area (Å²) < 4.78 is 39.9. The molecule has 0 amide bonds. The minimum atomic E-state index is -3.73. The fraction of sp³-hybridized carbons (Fsp3) is 0.0588. The van der Waals surface area contributed by atoms with Gasteiger partial charge in [-0.3, -0.25) is 4.72 Å². The predicted molar refractivity (Wildman–Crippen MR) is 93.7 cm³/mol. The molecule has 6 nitrogen and oxygen atoms in total. The monoisotopic (exact) mass is 358 g/mol. The van der Waals surface area contributed by atoms with Gasteiger partial charge in [0.05, 0.1) is 4.90 Å². The Bertz CT molecular complexity index is 974. The Morgan fingerprint density at radius 3 is 2.24 bits per heavy atom. The van der Waals surface area contributed by atoms with Gasteiger partial charge in [0, 0.05) is 5.69 Å². The number of nitrogens with one attached hydrogen (secondary N) is 2. The second-order valence-corrected chi connectivity index (χ2v) is 7.04. The number of sulfonamides is 1. The molecule has 1 heterocycles. The number of benzene rings is 2. The van der Waals surface area contributed by atoms with Crippen molar-refractivity contribution in [3.63, 3.8) is 0 Å². The van der Waals surface area contributed by atoms with Crippen LogP contribution < -0.4 is 10.0 Å². The van der Waals surface area contributed by atoms with Gasteiger partial charge in [0.15, 0.2) is 11.6 Å². The first kappa shape index (κ1) is 16.8. The highest BCUT2D eigenvalue weighted by atomic mass is 32.2. The molecule has 3 aromatic rings. The van der Waals surface area contributed by atoms with Crippen LogP contribution in [0.25, 0.3) is 0 Å². The van der Waals surface area contributed by atoms with Crippen molar-refractivity contribution < 1.29 is 12.8 Å². The van der Waals surface area contributed by atoms with Crippen LogP contribution in [0.4, 0.5) is 21.7 Å². The summed E-state index contributed by atoms with van der Waals surface area (Å²) in [7, 11) is -3.73. The van der Waals surface area contributed by atoms with E-state index in [0.717, 1.165) is 5.56 Å². The number of nitrogens with zero attached hydrogens (tertiary/aromatic N) is 2. The van der Waals surface area contributed by atoms with Gasteiger partial charge in [-0.15, -0.1) is 10.2 Å². The van der Waals surface area contributed by atoms with E-state index in [9.17, 15) is 12.8 Å². The van der Waals surface area contributed by atoms with E-state index < -0.39 is 10.0 Å². The number of aromatic nitrogens is 2. The summed E-state index contributed by atoms with van der Waals surface area (Å²) in [6, 6.07) is 15.4. The second-order valence-electron chi connectivity index (χ2n) is 5.36. The number of aryl methyl sites for hydroxylation is 1. The van der Waals surface area contributed by atoms with E-state index in [1.807, 2.05) is 13.0 Å². The van der Waals surface area contributed by atoms with Crippen molar-refractivity contribution in [1.29, 1.82) is 0 Å². The van der Waals surface area contributed by atoms with Crippen LogP contribution in [0.3, 0.4) is 0 Å². The molecule has 3 rings (SSSR count). The lowest BCUT2D eigenvalue weighted by Gasteiger charge is -2.09. The van der Waals surface area contributed by atoms with Gasteiger partial charge < -0.3 is 5.32 Å². The average Bonchev–Trinajstić information content (AvgIpc) is 2.58. The molecule has 128 valence electrons. The Balaban J connectivity index is 1.73. The van der Waals surface area contributed by atoms with Gasteiger partial charge in [0.25, 0.3) is 10.0 Å². The zero-order chi connectivity index (χ0) is 17.9. The summed E-state index contributed by atoms with van der Waals surface area (Å²) in [5, 5.41) is 10.7. The lowest BCUT2D eigenvalue weighted by atomic mass is 10.2. The van der Waals surface area contributed by atoms with Gasteiger partial charge in [-0.1, -0.05) is 12.1 Å². The quantitative estimate of drug-likeness (QED) is 0.730. The number of rotatable bonds is 5. The molecule has 0 saturated heterocycles. The maximum absolute atomic E-state index is 12.9. The fourth-order valence-electron chi connectivity index (χ4n) is 2.11. The SMILES string of the molecule is Cc1cccc(S(=O)(=O)Nc2ccc(Nc3ccc(F)cc3)nn2)c1. The van der Waals surface area contributed by atoms with Crippen LogP contribution in [-0.2, 0) is 10.0 Å². The molecule has 0 aliphatic rings. The van der Waals surface area contributed by atoms with Crippen molar-refractivity contribution in [1.82, 2.24) is 10.2 Å².